The van der Waals surface area contributed by atoms with E-state index in [-0.39, 0.29) is 5.91 Å². The molecular weight excluding hydrogens is 285 g/mol. The Bertz CT molecular complexity index is 482. The number of carbonyl (C=O) groups excluding carboxylic acids is 1. The summed E-state index contributed by atoms with van der Waals surface area (Å²) < 4.78 is 0. The molecule has 0 unspecified atom stereocenters. The molecule has 19 heavy (non-hydrogen) atoms. The van der Waals surface area contributed by atoms with Crippen molar-refractivity contribution in [2.75, 3.05) is 13.1 Å². The second-order valence-electron chi connectivity index (χ2n) is 4.55. The molecule has 0 spiro atoms. The van der Waals surface area contributed by atoms with Gasteiger partial charge in [-0.2, -0.15) is 0 Å². The standard InChI is InChI=1S/C14H15Cl2NO2/c15-12-4-1-5-13(16)11(12)6-7-14(19)17-8-2-3-10(18)9-17/h1,4-7,10,18H,2-3,8-9H2/b7-6+/t10-/m0/s1. The van der Waals surface area contributed by atoms with Gasteiger partial charge >= 0.3 is 0 Å². The molecule has 0 bridgehead atoms. The van der Waals surface area contributed by atoms with Crippen LogP contribution < -0.4 is 0 Å². The van der Waals surface area contributed by atoms with Crippen LogP contribution in [0.3, 0.4) is 0 Å². The molecule has 1 aromatic carbocycles. The number of carbonyl (C=O) groups is 1. The molecule has 1 saturated heterocycles. The van der Waals surface area contributed by atoms with Crippen LogP contribution in [-0.4, -0.2) is 35.1 Å². The number of β-amino-alcohol motifs (C(OH)–C–C–N with tert-alkyl or cyclic N) is 1. The van der Waals surface area contributed by atoms with Gasteiger partial charge in [-0.15, -0.1) is 0 Å². The summed E-state index contributed by atoms with van der Waals surface area (Å²) in [7, 11) is 0. The molecule has 1 heterocycles. The summed E-state index contributed by atoms with van der Waals surface area (Å²) >= 11 is 12.0. The largest absolute Gasteiger partial charge is 0.391 e. The lowest BCUT2D eigenvalue weighted by Gasteiger charge is -2.29. The lowest BCUT2D eigenvalue weighted by Crippen LogP contribution is -2.41. The molecule has 1 N–H and O–H groups in total. The minimum absolute atomic E-state index is 0.130. The van der Waals surface area contributed by atoms with E-state index >= 15 is 0 Å². The predicted molar refractivity (Wildman–Crippen MR) is 77.3 cm³/mol. The van der Waals surface area contributed by atoms with Crippen LogP contribution >= 0.6 is 23.2 Å². The van der Waals surface area contributed by atoms with Gasteiger partial charge in [-0.25, -0.2) is 0 Å². The summed E-state index contributed by atoms with van der Waals surface area (Å²) in [6.07, 6.45) is 4.23. The molecule has 0 aromatic heterocycles. The predicted octanol–water partition coefficient (Wildman–Crippen LogP) is 2.99. The molecule has 1 aliphatic heterocycles. The van der Waals surface area contributed by atoms with E-state index in [0.29, 0.717) is 28.7 Å². The van der Waals surface area contributed by atoms with E-state index in [1.165, 1.54) is 6.08 Å². The average Bonchev–Trinajstić information content (AvgIpc) is 2.38. The molecule has 2 rings (SSSR count). The van der Waals surface area contributed by atoms with Crippen molar-refractivity contribution in [3.8, 4) is 0 Å². The van der Waals surface area contributed by atoms with Crippen molar-refractivity contribution in [1.82, 2.24) is 4.90 Å². The molecule has 1 amide bonds. The Morgan fingerprint density at radius 3 is 2.68 bits per heavy atom. The number of likely N-dealkylation sites (tertiary alicyclic amines) is 1. The molecule has 1 fully saturated rings. The first-order valence-electron chi connectivity index (χ1n) is 6.17. The van der Waals surface area contributed by atoms with E-state index in [9.17, 15) is 9.90 Å². The number of rotatable bonds is 2. The first-order chi connectivity index (χ1) is 9.08. The quantitative estimate of drug-likeness (QED) is 0.853. The third-order valence-electron chi connectivity index (χ3n) is 3.10. The molecule has 1 atom stereocenters. The summed E-state index contributed by atoms with van der Waals surface area (Å²) in [6.45, 7) is 1.07. The summed E-state index contributed by atoms with van der Waals surface area (Å²) in [5.41, 5.74) is 0.636. The van der Waals surface area contributed by atoms with Gasteiger partial charge in [0, 0.05) is 34.8 Å². The Morgan fingerprint density at radius 2 is 2.05 bits per heavy atom. The third kappa shape index (κ3) is 3.72. The number of nitrogens with zero attached hydrogens (tertiary/aromatic N) is 1. The maximum Gasteiger partial charge on any atom is 0.246 e. The monoisotopic (exact) mass is 299 g/mol. The molecule has 0 aliphatic carbocycles. The number of piperidine rings is 1. The SMILES string of the molecule is O=C(/C=C/c1c(Cl)cccc1Cl)N1CCC[C@H](O)C1. The van der Waals surface area contributed by atoms with Crippen LogP contribution in [0.25, 0.3) is 6.08 Å². The van der Waals surface area contributed by atoms with E-state index in [0.717, 1.165) is 12.8 Å². The Hall–Kier alpha value is -1.03. The highest BCUT2D eigenvalue weighted by Gasteiger charge is 2.20. The van der Waals surface area contributed by atoms with Gasteiger partial charge in [0.05, 0.1) is 6.10 Å². The minimum Gasteiger partial charge on any atom is -0.391 e. The first-order valence-corrected chi connectivity index (χ1v) is 6.92. The molecular formula is C14H15Cl2NO2. The van der Waals surface area contributed by atoms with Gasteiger partial charge in [0.25, 0.3) is 0 Å². The van der Waals surface area contributed by atoms with Gasteiger partial charge in [0.2, 0.25) is 5.91 Å². The highest BCUT2D eigenvalue weighted by molar-refractivity contribution is 6.37. The maximum atomic E-state index is 12.0. The first kappa shape index (κ1) is 14.4. The molecule has 3 nitrogen and oxygen atoms in total. The fraction of sp³-hybridized carbons (Fsp3) is 0.357. The highest BCUT2D eigenvalue weighted by Crippen LogP contribution is 2.25. The number of benzene rings is 1. The van der Waals surface area contributed by atoms with Gasteiger partial charge in [0.15, 0.2) is 0 Å². The fourth-order valence-electron chi connectivity index (χ4n) is 2.08. The summed E-state index contributed by atoms with van der Waals surface area (Å²) in [4.78, 5) is 13.6. The van der Waals surface area contributed by atoms with E-state index in [2.05, 4.69) is 0 Å². The second kappa shape index (κ2) is 6.42. The minimum atomic E-state index is -0.421. The Labute approximate surface area is 122 Å². The third-order valence-corrected chi connectivity index (χ3v) is 3.76. The van der Waals surface area contributed by atoms with Crippen molar-refractivity contribution in [1.29, 1.82) is 0 Å². The zero-order chi connectivity index (χ0) is 13.8. The summed E-state index contributed by atoms with van der Waals surface area (Å²) in [5, 5.41) is 10.6. The van der Waals surface area contributed by atoms with Crippen molar-refractivity contribution in [2.45, 2.75) is 18.9 Å². The maximum absolute atomic E-state index is 12.0. The van der Waals surface area contributed by atoms with Crippen LogP contribution in [0.2, 0.25) is 10.0 Å². The molecule has 0 radical (unpaired) electrons. The van der Waals surface area contributed by atoms with Gasteiger partial charge in [-0.1, -0.05) is 29.3 Å². The topological polar surface area (TPSA) is 40.5 Å². The van der Waals surface area contributed by atoms with Gasteiger partial charge in [-0.05, 0) is 31.1 Å². The van der Waals surface area contributed by atoms with Crippen molar-refractivity contribution in [3.63, 3.8) is 0 Å². The Balaban J connectivity index is 2.08. The van der Waals surface area contributed by atoms with Gasteiger partial charge in [-0.3, -0.25) is 4.79 Å². The lowest BCUT2D eigenvalue weighted by molar-refractivity contribution is -0.128. The van der Waals surface area contributed by atoms with Crippen LogP contribution in [0.15, 0.2) is 24.3 Å². The molecule has 5 heteroatoms. The molecule has 1 aliphatic rings. The zero-order valence-corrected chi connectivity index (χ0v) is 11.9. The van der Waals surface area contributed by atoms with Crippen molar-refractivity contribution >= 4 is 35.2 Å². The smallest absolute Gasteiger partial charge is 0.246 e. The fourth-order valence-corrected chi connectivity index (χ4v) is 2.61. The number of hydrogen-bond donors (Lipinski definition) is 1. The number of aliphatic hydroxyl groups excluding tert-OH is 1. The molecule has 1 aromatic rings. The summed E-state index contributed by atoms with van der Waals surface area (Å²) in [5.74, 6) is -0.130. The number of aliphatic hydroxyl groups is 1. The Kier molecular flexibility index (Phi) is 4.86. The van der Waals surface area contributed by atoms with Crippen LogP contribution in [0.5, 0.6) is 0 Å². The lowest BCUT2D eigenvalue weighted by atomic mass is 10.1. The number of halogens is 2. The zero-order valence-electron chi connectivity index (χ0n) is 10.4. The van der Waals surface area contributed by atoms with Crippen LogP contribution in [0, 0.1) is 0 Å². The van der Waals surface area contributed by atoms with Crippen LogP contribution in [-0.2, 0) is 4.79 Å². The summed E-state index contributed by atoms with van der Waals surface area (Å²) in [6, 6.07) is 5.20. The Morgan fingerprint density at radius 1 is 1.37 bits per heavy atom. The van der Waals surface area contributed by atoms with E-state index in [4.69, 9.17) is 23.2 Å². The van der Waals surface area contributed by atoms with Crippen molar-refractivity contribution < 1.29 is 9.90 Å². The van der Waals surface area contributed by atoms with Crippen LogP contribution in [0.1, 0.15) is 18.4 Å². The second-order valence-corrected chi connectivity index (χ2v) is 5.36. The average molecular weight is 300 g/mol. The van der Waals surface area contributed by atoms with Crippen molar-refractivity contribution in [2.24, 2.45) is 0 Å². The van der Waals surface area contributed by atoms with Crippen LogP contribution in [0.4, 0.5) is 0 Å². The number of hydrogen-bond acceptors (Lipinski definition) is 2. The van der Waals surface area contributed by atoms with E-state index < -0.39 is 6.10 Å². The molecule has 102 valence electrons. The molecule has 0 saturated carbocycles. The van der Waals surface area contributed by atoms with E-state index in [1.807, 2.05) is 0 Å². The van der Waals surface area contributed by atoms with Gasteiger partial charge in [0.1, 0.15) is 0 Å². The van der Waals surface area contributed by atoms with Gasteiger partial charge < -0.3 is 10.0 Å². The highest BCUT2D eigenvalue weighted by atomic mass is 35.5. The van der Waals surface area contributed by atoms with E-state index in [1.54, 1.807) is 29.2 Å². The normalized spacial score (nSPS) is 19.9. The van der Waals surface area contributed by atoms with Crippen molar-refractivity contribution in [3.05, 3.63) is 39.9 Å². The number of amides is 1.